The van der Waals surface area contributed by atoms with Crippen LogP contribution >= 0.6 is 45.3 Å². The summed E-state index contributed by atoms with van der Waals surface area (Å²) in [6.45, 7) is 4.78. The van der Waals surface area contributed by atoms with Gasteiger partial charge in [0.15, 0.2) is 0 Å². The first kappa shape index (κ1) is 51.6. The molecule has 4 aliphatic heterocycles. The highest BCUT2D eigenvalue weighted by atomic mass is 32.1. The van der Waals surface area contributed by atoms with E-state index in [1.807, 2.05) is 11.3 Å². The Morgan fingerprint density at radius 1 is 0.420 bits per heavy atom. The van der Waals surface area contributed by atoms with Gasteiger partial charge in [-0.05, 0) is 116 Å². The summed E-state index contributed by atoms with van der Waals surface area (Å²) in [4.78, 5) is 30.5. The molecule has 8 bridgehead atoms. The molecule has 1 atom stereocenters. The maximum atomic E-state index is 6.73. The number of thiophene rings is 4. The van der Waals surface area contributed by atoms with Crippen LogP contribution in [0.15, 0.2) is 152 Å². The maximum Gasteiger partial charge on any atom is 0.139 e. The minimum Gasteiger partial charge on any atom is -0.490 e. The van der Waals surface area contributed by atoms with Crippen molar-refractivity contribution in [3.8, 4) is 84.6 Å². The summed E-state index contributed by atoms with van der Waals surface area (Å²) in [5.74, 6) is 1.63. The molecule has 10 aromatic rings. The number of hydrogen-bond donors (Lipinski definition) is 2. The lowest BCUT2D eigenvalue weighted by molar-refractivity contribution is 0.00522. The van der Waals surface area contributed by atoms with Crippen molar-refractivity contribution in [2.75, 3.05) is 66.4 Å². The van der Waals surface area contributed by atoms with E-state index in [-0.39, 0.29) is 0 Å². The highest BCUT2D eigenvalue weighted by molar-refractivity contribution is 7.29. The molecule has 4 aliphatic rings. The molecule has 0 radical (unpaired) electrons. The SMILES string of the molecule is CN1CCCC1c1ccc(-c2cc3c(s2)-c2sc(-c4ccc(-c5c6nc(c(-c7ccccc7)c7ccc([nH]7)c(-c7ccccc7)c7nc(c(-c8ccccc8)c8ccc5[nH]8)C=C7)C=C6)s4)cc2OCCOCCOCCOCCO3)s1. The molecule has 81 heavy (non-hydrogen) atoms. The smallest absolute Gasteiger partial charge is 0.139 e. The third-order valence-corrected chi connectivity index (χ3v) is 20.1. The van der Waals surface area contributed by atoms with E-state index in [9.17, 15) is 0 Å². The normalized spacial score (nSPS) is 16.2. The van der Waals surface area contributed by atoms with Crippen molar-refractivity contribution < 1.29 is 23.7 Å². The number of nitrogens with one attached hydrogen (secondary N) is 2. The van der Waals surface area contributed by atoms with Crippen molar-refractivity contribution in [2.45, 2.75) is 18.9 Å². The van der Waals surface area contributed by atoms with Crippen LogP contribution in [0.25, 0.3) is 119 Å². The Morgan fingerprint density at radius 2 is 0.827 bits per heavy atom. The van der Waals surface area contributed by atoms with Gasteiger partial charge in [-0.2, -0.15) is 0 Å². The number of fused-ring (bicyclic) bond motifs is 11. The Hall–Kier alpha value is -7.50. The standard InChI is InChI=1S/C67H57N5O5S4/c1-72-31-11-18-53(72)56-27-28-57(78-56)60-40-54-66(80-60)67-55(77-39-37-75-35-33-73-32-34-74-36-38-76-54)41-61(81-67)58-29-30-59(79-58)65-51-25-23-49(70-51)63(43-14-7-3-8-15-43)47-21-19-45(68-47)62(42-12-5-2-6-13-42)46-20-22-48(69-46)64(44-16-9-4-10-17-44)50-24-26-52(65)71-50/h2-10,12-17,19-30,40-41,53,68,71H,11,18,31-39H2,1H3. The molecule has 0 aliphatic carbocycles. The lowest BCUT2D eigenvalue weighted by Gasteiger charge is -2.17. The molecule has 14 heteroatoms. The van der Waals surface area contributed by atoms with E-state index in [0.717, 1.165) is 126 Å². The zero-order chi connectivity index (χ0) is 54.1. The number of ether oxygens (including phenoxy) is 5. The third kappa shape index (κ3) is 10.6. The second kappa shape index (κ2) is 23.2. The van der Waals surface area contributed by atoms with Gasteiger partial charge in [-0.25, -0.2) is 9.97 Å². The fourth-order valence-electron chi connectivity index (χ4n) is 11.2. The molecule has 1 saturated heterocycles. The molecule has 2 N–H and O–H groups in total. The molecule has 0 spiro atoms. The number of H-pyrrole nitrogens is 2. The van der Waals surface area contributed by atoms with Crippen molar-refractivity contribution in [2.24, 2.45) is 0 Å². The van der Waals surface area contributed by atoms with Gasteiger partial charge in [0.1, 0.15) is 24.7 Å². The van der Waals surface area contributed by atoms with E-state index >= 15 is 0 Å². The van der Waals surface area contributed by atoms with Crippen LogP contribution < -0.4 is 9.47 Å². The van der Waals surface area contributed by atoms with E-state index in [4.69, 9.17) is 33.7 Å². The quantitative estimate of drug-likeness (QED) is 0.163. The van der Waals surface area contributed by atoms with Gasteiger partial charge in [-0.1, -0.05) is 91.0 Å². The number of aromatic nitrogens is 4. The van der Waals surface area contributed by atoms with Crippen LogP contribution in [0, 0.1) is 0 Å². The van der Waals surface area contributed by atoms with Crippen molar-refractivity contribution >= 4 is 91.7 Å². The molecule has 0 saturated carbocycles. The number of rotatable bonds is 7. The van der Waals surface area contributed by atoms with E-state index in [2.05, 4.69) is 198 Å². The average Bonchev–Trinajstić information content (AvgIpc) is 4.34. The van der Waals surface area contributed by atoms with Gasteiger partial charge in [-0.15, -0.1) is 45.3 Å². The van der Waals surface area contributed by atoms with Crippen LogP contribution in [-0.4, -0.2) is 91.3 Å². The van der Waals surface area contributed by atoms with Crippen molar-refractivity contribution in [1.29, 1.82) is 0 Å². The molecule has 10 nitrogen and oxygen atoms in total. The fraction of sp³-hybridized carbons (Fsp3) is 0.194. The first-order valence-corrected chi connectivity index (χ1v) is 30.8. The second-order valence-corrected chi connectivity index (χ2v) is 24.6. The van der Waals surface area contributed by atoms with Gasteiger partial charge >= 0.3 is 0 Å². The molecular formula is C67H57N5O5S4. The topological polar surface area (TPSA) is 107 Å². The Kier molecular flexibility index (Phi) is 14.8. The number of likely N-dealkylation sites (tertiary alicyclic amines) is 1. The summed E-state index contributed by atoms with van der Waals surface area (Å²) >= 11 is 7.14. The van der Waals surface area contributed by atoms with Crippen LogP contribution in [0.1, 0.15) is 46.5 Å². The summed E-state index contributed by atoms with van der Waals surface area (Å²) < 4.78 is 31.1. The van der Waals surface area contributed by atoms with E-state index < -0.39 is 0 Å². The predicted octanol–water partition coefficient (Wildman–Crippen LogP) is 17.2. The summed E-state index contributed by atoms with van der Waals surface area (Å²) in [7, 11) is 2.24. The first-order chi connectivity index (χ1) is 40.1. The zero-order valence-electron chi connectivity index (χ0n) is 44.6. The van der Waals surface area contributed by atoms with Crippen molar-refractivity contribution in [1.82, 2.24) is 24.8 Å². The molecule has 14 rings (SSSR count). The van der Waals surface area contributed by atoms with Crippen LogP contribution in [0.4, 0.5) is 0 Å². The first-order valence-electron chi connectivity index (χ1n) is 27.6. The number of nitrogens with zero attached hydrogens (tertiary/aromatic N) is 3. The Labute approximate surface area is 486 Å². The van der Waals surface area contributed by atoms with Gasteiger partial charge in [-0.3, -0.25) is 4.90 Å². The lowest BCUT2D eigenvalue weighted by atomic mass is 10.0. The van der Waals surface area contributed by atoms with Crippen LogP contribution in [0.2, 0.25) is 0 Å². The van der Waals surface area contributed by atoms with Gasteiger partial charge in [0.05, 0.1) is 72.2 Å². The van der Waals surface area contributed by atoms with Gasteiger partial charge in [0, 0.05) is 91.8 Å². The molecule has 1 unspecified atom stereocenters. The second-order valence-electron chi connectivity index (χ2n) is 20.2. The average molecular weight is 1140 g/mol. The zero-order valence-corrected chi connectivity index (χ0v) is 47.9. The number of benzene rings is 3. The Morgan fingerprint density at radius 3 is 1.28 bits per heavy atom. The van der Waals surface area contributed by atoms with Crippen LogP contribution in [-0.2, 0) is 14.2 Å². The van der Waals surface area contributed by atoms with Gasteiger partial charge < -0.3 is 33.7 Å². The predicted molar refractivity (Wildman–Crippen MR) is 336 cm³/mol. The molecule has 3 aromatic carbocycles. The van der Waals surface area contributed by atoms with E-state index in [1.54, 1.807) is 34.0 Å². The lowest BCUT2D eigenvalue weighted by Crippen LogP contribution is -2.16. The molecular weight excluding hydrogens is 1080 g/mol. The monoisotopic (exact) mass is 1140 g/mol. The van der Waals surface area contributed by atoms with Crippen molar-refractivity contribution in [3.63, 3.8) is 0 Å². The van der Waals surface area contributed by atoms with Crippen LogP contribution in [0.5, 0.6) is 11.5 Å². The highest BCUT2D eigenvalue weighted by Crippen LogP contribution is 2.54. The number of hydrogen-bond acceptors (Lipinski definition) is 12. The number of aromatic amines is 2. The third-order valence-electron chi connectivity index (χ3n) is 15.1. The molecule has 7 aromatic heterocycles. The van der Waals surface area contributed by atoms with Crippen LogP contribution in [0.3, 0.4) is 0 Å². The maximum absolute atomic E-state index is 6.73. The summed E-state index contributed by atoms with van der Waals surface area (Å²) in [5, 5.41) is 0. The largest absolute Gasteiger partial charge is 0.490 e. The van der Waals surface area contributed by atoms with Gasteiger partial charge in [0.2, 0.25) is 0 Å². The van der Waals surface area contributed by atoms with Gasteiger partial charge in [0.25, 0.3) is 0 Å². The summed E-state index contributed by atoms with van der Waals surface area (Å²) in [5.41, 5.74) is 14.6. The minimum absolute atomic E-state index is 0.388. The van der Waals surface area contributed by atoms with Crippen molar-refractivity contribution in [3.05, 3.63) is 179 Å². The minimum atomic E-state index is 0.388. The Balaban J connectivity index is 0.936. The molecule has 11 heterocycles. The fourth-order valence-corrected chi connectivity index (χ4v) is 16.0. The molecule has 0 amide bonds. The molecule has 404 valence electrons. The Bertz CT molecular complexity index is 4090. The highest BCUT2D eigenvalue weighted by Gasteiger charge is 2.27. The summed E-state index contributed by atoms with van der Waals surface area (Å²) in [6.07, 6.45) is 11.0. The summed E-state index contributed by atoms with van der Waals surface area (Å²) in [6, 6.07) is 54.3. The van der Waals surface area contributed by atoms with E-state index in [0.29, 0.717) is 58.9 Å². The van der Waals surface area contributed by atoms with E-state index in [1.165, 1.54) is 27.5 Å². The molecule has 1 fully saturated rings.